The maximum atomic E-state index is 14.6. The minimum Gasteiger partial charge on any atom is -0.457 e. The molecule has 2 aliphatic heterocycles. The molecule has 2 unspecified atom stereocenters. The van der Waals surface area contributed by atoms with Gasteiger partial charge in [0.25, 0.3) is 5.91 Å². The summed E-state index contributed by atoms with van der Waals surface area (Å²) in [5.74, 6) is -1.43. The number of hydrogen-bond acceptors (Lipinski definition) is 14. The standard InChI is InChI=1S/C67H69F3N8O8S2/c1-38-46(47-30-31-54(73-56(47)63(84)86-66(6,7)8)77-33-32-41-15-12-17-48(49(41)36-77)60(81)76-64-72-50-18-9-10-20-53(50)88-64)16-13-19-52(38)85-45-28-22-40(23-29-45)14-11-21-55(80)74-59(65(3,4)5)62(83)78-35-44(79)34-51(78)61(82)75-58(67(68,69)70)43-26-24-42(25-27-43)57-39(2)71-37-87-57/h9-10,12-13,15-20,22-31,37,44,51,58-59,79H,11,14,21,32-36H2,1-8H3,(H,74,80)(H,75,82)(H,72,76,81)/t44-,51+,58?,59?/m1/s1. The first-order valence-electron chi connectivity index (χ1n) is 29.1. The average molecular weight is 1240 g/mol. The summed E-state index contributed by atoms with van der Waals surface area (Å²) in [5.41, 5.74) is 7.46. The van der Waals surface area contributed by atoms with Crippen LogP contribution in [0, 0.1) is 19.3 Å². The maximum Gasteiger partial charge on any atom is 0.412 e. The molecule has 458 valence electrons. The van der Waals surface area contributed by atoms with E-state index in [9.17, 15) is 42.3 Å². The lowest BCUT2D eigenvalue weighted by atomic mass is 9.85. The minimum atomic E-state index is -4.89. The molecule has 4 N–H and O–H groups in total. The SMILES string of the molecule is Cc1ncsc1-c1ccc(C(NC(=O)[C@@H]2C[C@@H](O)CN2C(=O)C(NC(=O)CCCc2ccc(Oc3cccc(-c4ccc(N5CCc6cccc(C(=O)Nc7nc8ccccc8s7)c6C5)nc4C(=O)OC(C)(C)C)c3C)cc2)C(C)(C)C)C(F)(F)F)cc1. The van der Waals surface area contributed by atoms with E-state index in [1.807, 2.05) is 104 Å². The highest BCUT2D eigenvalue weighted by molar-refractivity contribution is 7.22. The Morgan fingerprint density at radius 3 is 2.25 bits per heavy atom. The van der Waals surface area contributed by atoms with E-state index >= 15 is 0 Å². The zero-order valence-electron chi connectivity index (χ0n) is 50.1. The molecule has 88 heavy (non-hydrogen) atoms. The number of aromatic nitrogens is 3. The number of benzene rings is 5. The van der Waals surface area contributed by atoms with E-state index in [-0.39, 0.29) is 36.6 Å². The third kappa shape index (κ3) is 14.4. The molecule has 16 nitrogen and oxygen atoms in total. The third-order valence-corrected chi connectivity index (χ3v) is 17.5. The molecule has 4 atom stereocenters. The number of nitrogens with one attached hydrogen (secondary N) is 3. The number of aliphatic hydroxyl groups excluding tert-OH is 1. The quantitative estimate of drug-likeness (QED) is 0.0629. The Morgan fingerprint density at radius 1 is 0.818 bits per heavy atom. The average Bonchev–Trinajstić information content (AvgIpc) is 2.45. The molecule has 1 saturated heterocycles. The van der Waals surface area contributed by atoms with Gasteiger partial charge in [0.05, 0.1) is 32.4 Å². The molecule has 0 saturated carbocycles. The number of alkyl halides is 3. The van der Waals surface area contributed by atoms with Crippen LogP contribution in [0.4, 0.5) is 24.1 Å². The predicted octanol–water partition coefficient (Wildman–Crippen LogP) is 12.9. The first kappa shape index (κ1) is 62.5. The Morgan fingerprint density at radius 2 is 1.56 bits per heavy atom. The monoisotopic (exact) mass is 1230 g/mol. The van der Waals surface area contributed by atoms with Crippen LogP contribution in [0.15, 0.2) is 127 Å². The fourth-order valence-electron chi connectivity index (χ4n) is 11.1. The van der Waals surface area contributed by atoms with Crippen molar-refractivity contribution in [2.24, 2.45) is 5.41 Å². The number of aryl methyl sites for hydroxylation is 2. The van der Waals surface area contributed by atoms with Gasteiger partial charge in [-0.3, -0.25) is 24.5 Å². The number of carbonyl (C=O) groups is 5. The molecule has 1 fully saturated rings. The number of rotatable bonds is 17. The first-order chi connectivity index (χ1) is 41.8. The van der Waals surface area contributed by atoms with E-state index in [4.69, 9.17) is 14.5 Å². The van der Waals surface area contributed by atoms with Gasteiger partial charge >= 0.3 is 12.1 Å². The second-order valence-corrected chi connectivity index (χ2v) is 26.2. The molecule has 0 spiro atoms. The van der Waals surface area contributed by atoms with Gasteiger partial charge in [-0.25, -0.2) is 19.7 Å². The summed E-state index contributed by atoms with van der Waals surface area (Å²) < 4.78 is 57.2. The topological polar surface area (TPSA) is 205 Å². The van der Waals surface area contributed by atoms with E-state index in [0.717, 1.165) is 47.9 Å². The van der Waals surface area contributed by atoms with Gasteiger partial charge < -0.3 is 35.0 Å². The highest BCUT2D eigenvalue weighted by Crippen LogP contribution is 2.39. The number of nitrogens with zero attached hydrogens (tertiary/aromatic N) is 5. The number of thiazole rings is 2. The van der Waals surface area contributed by atoms with Gasteiger partial charge in [0.15, 0.2) is 16.9 Å². The van der Waals surface area contributed by atoms with E-state index in [1.165, 1.54) is 46.9 Å². The fourth-order valence-corrected chi connectivity index (χ4v) is 12.7. The summed E-state index contributed by atoms with van der Waals surface area (Å²) in [6.45, 7) is 15.0. The van der Waals surface area contributed by atoms with Crippen LogP contribution in [0.3, 0.4) is 0 Å². The molecule has 0 bridgehead atoms. The van der Waals surface area contributed by atoms with Crippen molar-refractivity contribution >= 4 is 73.4 Å². The molecule has 3 aromatic heterocycles. The van der Waals surface area contributed by atoms with Crippen LogP contribution < -0.4 is 25.6 Å². The van der Waals surface area contributed by atoms with Crippen molar-refractivity contribution in [1.82, 2.24) is 30.5 Å². The summed E-state index contributed by atoms with van der Waals surface area (Å²) in [6, 6.07) is 30.9. The number of carbonyl (C=O) groups excluding carboxylic acids is 5. The Kier molecular flexibility index (Phi) is 18.2. The van der Waals surface area contributed by atoms with Gasteiger partial charge in [-0.15, -0.1) is 11.3 Å². The number of para-hydroxylation sites is 1. The van der Waals surface area contributed by atoms with Crippen molar-refractivity contribution in [2.45, 2.75) is 130 Å². The van der Waals surface area contributed by atoms with Crippen LogP contribution in [-0.2, 0) is 38.5 Å². The number of likely N-dealkylation sites (tertiary alicyclic amines) is 1. The summed E-state index contributed by atoms with van der Waals surface area (Å²) in [7, 11) is 0. The summed E-state index contributed by atoms with van der Waals surface area (Å²) in [6.07, 6.45) is -4.78. The summed E-state index contributed by atoms with van der Waals surface area (Å²) >= 11 is 2.77. The number of anilines is 2. The second kappa shape index (κ2) is 25.7. The van der Waals surface area contributed by atoms with Gasteiger partial charge in [-0.1, -0.05) is 105 Å². The van der Waals surface area contributed by atoms with Gasteiger partial charge in [-0.05, 0) is 147 Å². The van der Waals surface area contributed by atoms with Crippen LogP contribution in [0.2, 0.25) is 0 Å². The Labute approximate surface area is 516 Å². The number of amides is 4. The number of aliphatic hydroxyl groups is 1. The highest BCUT2D eigenvalue weighted by Gasteiger charge is 2.48. The maximum absolute atomic E-state index is 14.6. The number of ether oxygens (including phenoxy) is 2. The van der Waals surface area contributed by atoms with Crippen LogP contribution in [-0.4, -0.2) is 97.6 Å². The number of β-amino-alcohol motifs (C(OH)–C–C–N with tert-alkyl or cyclic N) is 1. The van der Waals surface area contributed by atoms with E-state index in [1.54, 1.807) is 54.0 Å². The zero-order valence-corrected chi connectivity index (χ0v) is 51.7. The third-order valence-electron chi connectivity index (χ3n) is 15.6. The molecule has 5 heterocycles. The molecule has 10 rings (SSSR count). The van der Waals surface area contributed by atoms with Crippen molar-refractivity contribution in [3.63, 3.8) is 0 Å². The number of pyridine rings is 1. The van der Waals surface area contributed by atoms with Gasteiger partial charge in [0.1, 0.15) is 35.0 Å². The number of esters is 1. The molecule has 8 aromatic rings. The summed E-state index contributed by atoms with van der Waals surface area (Å²) in [4.78, 5) is 87.4. The molecule has 4 amide bonds. The molecule has 0 aliphatic carbocycles. The lowest BCUT2D eigenvalue weighted by Crippen LogP contribution is -2.58. The molecular weight excluding hydrogens is 1170 g/mol. The highest BCUT2D eigenvalue weighted by atomic mass is 32.1. The molecule has 2 aliphatic rings. The van der Waals surface area contributed by atoms with E-state index in [2.05, 4.69) is 30.8 Å². The smallest absolute Gasteiger partial charge is 0.412 e. The first-order valence-corrected chi connectivity index (χ1v) is 30.8. The van der Waals surface area contributed by atoms with Crippen LogP contribution in [0.5, 0.6) is 11.5 Å². The Hall–Kier alpha value is -8.53. The Balaban J connectivity index is 0.770. The molecule has 0 radical (unpaired) electrons. The van der Waals surface area contributed by atoms with Crippen LogP contribution in [0.1, 0.15) is 121 Å². The van der Waals surface area contributed by atoms with Crippen LogP contribution >= 0.6 is 22.7 Å². The van der Waals surface area contributed by atoms with Crippen molar-refractivity contribution in [3.8, 4) is 33.1 Å². The van der Waals surface area contributed by atoms with Crippen LogP contribution in [0.25, 0.3) is 31.8 Å². The van der Waals surface area contributed by atoms with Crippen molar-refractivity contribution in [1.29, 1.82) is 0 Å². The second-order valence-electron chi connectivity index (χ2n) is 24.3. The fraction of sp³-hybridized carbons (Fsp3) is 0.343. The van der Waals surface area contributed by atoms with Gasteiger partial charge in [0.2, 0.25) is 17.7 Å². The summed E-state index contributed by atoms with van der Waals surface area (Å²) in [5, 5.41) is 19.2. The van der Waals surface area contributed by atoms with Crippen molar-refractivity contribution in [2.75, 3.05) is 23.3 Å². The number of fused-ring (bicyclic) bond motifs is 2. The molecule has 5 aromatic carbocycles. The van der Waals surface area contributed by atoms with Crippen molar-refractivity contribution in [3.05, 3.63) is 172 Å². The number of halogens is 3. The minimum absolute atomic E-state index is 0.0322. The molecular formula is C67H69F3N8O8S2. The van der Waals surface area contributed by atoms with E-state index < -0.39 is 65.1 Å². The van der Waals surface area contributed by atoms with E-state index in [0.29, 0.717) is 77.1 Å². The lowest BCUT2D eigenvalue weighted by molar-refractivity contribution is -0.165. The molecule has 21 heteroatoms. The lowest BCUT2D eigenvalue weighted by Gasteiger charge is -2.35. The normalized spacial score (nSPS) is 16.0. The number of hydrogen-bond donors (Lipinski definition) is 4. The van der Waals surface area contributed by atoms with Crippen molar-refractivity contribution < 1.29 is 51.7 Å². The van der Waals surface area contributed by atoms with Gasteiger partial charge in [0, 0.05) is 43.6 Å². The zero-order chi connectivity index (χ0) is 62.8. The largest absolute Gasteiger partial charge is 0.457 e. The van der Waals surface area contributed by atoms with Gasteiger partial charge in [-0.2, -0.15) is 13.2 Å². The Bertz CT molecular complexity index is 3880. The predicted molar refractivity (Wildman–Crippen MR) is 335 cm³/mol.